The third kappa shape index (κ3) is 5.07. The van der Waals surface area contributed by atoms with Crippen LogP contribution < -0.4 is 10.6 Å². The van der Waals surface area contributed by atoms with Gasteiger partial charge in [-0.3, -0.25) is 4.79 Å². The number of aromatic nitrogens is 4. The van der Waals surface area contributed by atoms with E-state index >= 15 is 0 Å². The smallest absolute Gasteiger partial charge is 0.248 e. The lowest BCUT2D eigenvalue weighted by Gasteiger charge is -2.08. The first-order chi connectivity index (χ1) is 15.5. The molecule has 7 nitrogen and oxygen atoms in total. The fraction of sp³-hybridized carbons (Fsp3) is 0.120. The van der Waals surface area contributed by atoms with Crippen LogP contribution in [0, 0.1) is 20.8 Å². The van der Waals surface area contributed by atoms with E-state index in [2.05, 4.69) is 25.9 Å². The molecule has 0 spiro atoms. The van der Waals surface area contributed by atoms with Crippen LogP contribution in [0.2, 0.25) is 0 Å². The maximum absolute atomic E-state index is 12.2. The Balaban J connectivity index is 1.36. The normalized spacial score (nSPS) is 11.0. The van der Waals surface area contributed by atoms with E-state index < -0.39 is 0 Å². The molecule has 32 heavy (non-hydrogen) atoms. The highest BCUT2D eigenvalue weighted by Crippen LogP contribution is 2.18. The van der Waals surface area contributed by atoms with Gasteiger partial charge in [-0.25, -0.2) is 4.68 Å². The van der Waals surface area contributed by atoms with Gasteiger partial charge in [0.15, 0.2) is 11.6 Å². The maximum atomic E-state index is 12.2. The number of nitrogens with one attached hydrogen (secondary N) is 2. The molecule has 0 unspecified atom stereocenters. The number of benzene rings is 2. The zero-order valence-corrected chi connectivity index (χ0v) is 18.2. The summed E-state index contributed by atoms with van der Waals surface area (Å²) in [5.74, 6) is 1.10. The number of aryl methyl sites for hydroxylation is 3. The Hall–Kier alpha value is -4.26. The van der Waals surface area contributed by atoms with E-state index in [0.717, 1.165) is 28.2 Å². The van der Waals surface area contributed by atoms with Crippen LogP contribution >= 0.6 is 0 Å². The van der Waals surface area contributed by atoms with E-state index in [1.54, 1.807) is 4.68 Å². The van der Waals surface area contributed by atoms with Crippen molar-refractivity contribution in [1.29, 1.82) is 0 Å². The van der Waals surface area contributed by atoms with Gasteiger partial charge in [0.05, 0.1) is 5.69 Å². The molecule has 0 aliphatic rings. The molecule has 0 saturated carbocycles. The second-order valence-corrected chi connectivity index (χ2v) is 7.50. The number of nitrogens with zero attached hydrogens (tertiary/aromatic N) is 4. The molecule has 0 aliphatic carbocycles. The van der Waals surface area contributed by atoms with E-state index in [1.807, 2.05) is 93.6 Å². The minimum atomic E-state index is -0.181. The molecule has 2 heterocycles. The van der Waals surface area contributed by atoms with Crippen molar-refractivity contribution in [1.82, 2.24) is 20.0 Å². The molecule has 2 N–H and O–H groups in total. The van der Waals surface area contributed by atoms with Crippen molar-refractivity contribution in [2.24, 2.45) is 0 Å². The first-order valence-electron chi connectivity index (χ1n) is 10.3. The quantitative estimate of drug-likeness (QED) is 0.426. The molecule has 0 radical (unpaired) electrons. The van der Waals surface area contributed by atoms with Crippen molar-refractivity contribution in [2.75, 3.05) is 10.6 Å². The highest BCUT2D eigenvalue weighted by atomic mass is 16.1. The zero-order chi connectivity index (χ0) is 22.5. The van der Waals surface area contributed by atoms with Crippen LogP contribution in [0.5, 0.6) is 0 Å². The molecule has 4 aromatic rings. The molecular formula is C25H24N6O. The summed E-state index contributed by atoms with van der Waals surface area (Å²) in [6.07, 6.45) is 3.35. The number of hydrogen-bond acceptors (Lipinski definition) is 5. The summed E-state index contributed by atoms with van der Waals surface area (Å²) < 4.78 is 1.76. The Morgan fingerprint density at radius 1 is 0.906 bits per heavy atom. The average Bonchev–Trinajstić information content (AvgIpc) is 3.13. The molecule has 0 fully saturated rings. The summed E-state index contributed by atoms with van der Waals surface area (Å²) in [6, 6.07) is 21.0. The lowest BCUT2D eigenvalue weighted by Crippen LogP contribution is -2.07. The van der Waals surface area contributed by atoms with Gasteiger partial charge in [0.1, 0.15) is 0 Å². The largest absolute Gasteiger partial charge is 0.339 e. The third-order valence-electron chi connectivity index (χ3n) is 4.90. The average molecular weight is 425 g/mol. The Morgan fingerprint density at radius 2 is 1.66 bits per heavy atom. The topological polar surface area (TPSA) is 84.7 Å². The van der Waals surface area contributed by atoms with Gasteiger partial charge in [0, 0.05) is 23.1 Å². The summed E-state index contributed by atoms with van der Waals surface area (Å²) >= 11 is 0. The second kappa shape index (κ2) is 9.26. The standard InChI is InChI=1S/C25H24N6O/c1-17-6-4-5-7-20(17)8-15-25(32)27-22-11-9-21(10-12-22)26-23-13-14-24(29-28-23)31-19(3)16-18(2)30-31/h4-16H,1-3H3,(H,26,28)(H,27,32)/b15-8+. The summed E-state index contributed by atoms with van der Waals surface area (Å²) in [7, 11) is 0. The summed E-state index contributed by atoms with van der Waals surface area (Å²) in [4.78, 5) is 12.2. The molecule has 0 aliphatic heterocycles. The molecule has 4 rings (SSSR count). The van der Waals surface area contributed by atoms with Crippen molar-refractivity contribution < 1.29 is 4.79 Å². The van der Waals surface area contributed by atoms with E-state index in [9.17, 15) is 4.79 Å². The lowest BCUT2D eigenvalue weighted by atomic mass is 10.1. The van der Waals surface area contributed by atoms with Crippen molar-refractivity contribution >= 4 is 29.2 Å². The molecule has 7 heteroatoms. The second-order valence-electron chi connectivity index (χ2n) is 7.50. The van der Waals surface area contributed by atoms with Crippen LogP contribution in [0.4, 0.5) is 17.2 Å². The molecule has 0 atom stereocenters. The SMILES string of the molecule is Cc1cc(C)n(-c2ccc(Nc3ccc(NC(=O)/C=C/c4ccccc4C)cc3)nn2)n1. The molecule has 160 valence electrons. The highest BCUT2D eigenvalue weighted by Gasteiger charge is 2.06. The minimum Gasteiger partial charge on any atom is -0.339 e. The molecule has 2 aromatic heterocycles. The zero-order valence-electron chi connectivity index (χ0n) is 18.2. The van der Waals surface area contributed by atoms with Gasteiger partial charge in [-0.15, -0.1) is 10.2 Å². The van der Waals surface area contributed by atoms with Crippen LogP contribution in [0.3, 0.4) is 0 Å². The first kappa shape index (κ1) is 21.0. The number of rotatable bonds is 6. The number of hydrogen-bond donors (Lipinski definition) is 2. The Bertz CT molecular complexity index is 1260. The molecule has 1 amide bonds. The minimum absolute atomic E-state index is 0.181. The summed E-state index contributed by atoms with van der Waals surface area (Å²) in [5.41, 5.74) is 5.63. The van der Waals surface area contributed by atoms with E-state index in [-0.39, 0.29) is 5.91 Å². The third-order valence-corrected chi connectivity index (χ3v) is 4.90. The van der Waals surface area contributed by atoms with Crippen LogP contribution in [-0.2, 0) is 4.79 Å². The monoisotopic (exact) mass is 424 g/mol. The van der Waals surface area contributed by atoms with Gasteiger partial charge in [-0.2, -0.15) is 5.10 Å². The van der Waals surface area contributed by atoms with Crippen molar-refractivity contribution in [3.63, 3.8) is 0 Å². The molecule has 2 aromatic carbocycles. The van der Waals surface area contributed by atoms with Crippen molar-refractivity contribution in [3.8, 4) is 5.82 Å². The molecular weight excluding hydrogens is 400 g/mol. The van der Waals surface area contributed by atoms with Gasteiger partial charge in [0.25, 0.3) is 0 Å². The summed E-state index contributed by atoms with van der Waals surface area (Å²) in [5, 5.41) is 19.0. The van der Waals surface area contributed by atoms with Gasteiger partial charge in [0.2, 0.25) is 5.91 Å². The van der Waals surface area contributed by atoms with E-state index in [4.69, 9.17) is 0 Å². The highest BCUT2D eigenvalue weighted by molar-refractivity contribution is 6.02. The van der Waals surface area contributed by atoms with Crippen molar-refractivity contribution in [2.45, 2.75) is 20.8 Å². The molecule has 0 saturated heterocycles. The summed E-state index contributed by atoms with van der Waals surface area (Å²) in [6.45, 7) is 5.94. The fourth-order valence-electron chi connectivity index (χ4n) is 3.27. The number of carbonyl (C=O) groups excluding carboxylic acids is 1. The maximum Gasteiger partial charge on any atom is 0.248 e. The van der Waals surface area contributed by atoms with Gasteiger partial charge in [-0.1, -0.05) is 24.3 Å². The number of amides is 1. The van der Waals surface area contributed by atoms with Gasteiger partial charge < -0.3 is 10.6 Å². The van der Waals surface area contributed by atoms with Crippen LogP contribution in [-0.4, -0.2) is 25.9 Å². The van der Waals surface area contributed by atoms with E-state index in [0.29, 0.717) is 17.3 Å². The first-order valence-corrected chi connectivity index (χ1v) is 10.3. The van der Waals surface area contributed by atoms with E-state index in [1.165, 1.54) is 6.08 Å². The van der Waals surface area contributed by atoms with Gasteiger partial charge >= 0.3 is 0 Å². The Morgan fingerprint density at radius 3 is 2.31 bits per heavy atom. The van der Waals surface area contributed by atoms with Crippen LogP contribution in [0.25, 0.3) is 11.9 Å². The van der Waals surface area contributed by atoms with Crippen LogP contribution in [0.15, 0.2) is 72.8 Å². The van der Waals surface area contributed by atoms with Crippen molar-refractivity contribution in [3.05, 3.63) is 95.3 Å². The molecule has 0 bridgehead atoms. The predicted molar refractivity (Wildman–Crippen MR) is 127 cm³/mol. The lowest BCUT2D eigenvalue weighted by molar-refractivity contribution is -0.111. The fourth-order valence-corrected chi connectivity index (χ4v) is 3.27. The van der Waals surface area contributed by atoms with Gasteiger partial charge in [-0.05, 0) is 80.4 Å². The Labute approximate surface area is 186 Å². The Kier molecular flexibility index (Phi) is 6.07. The number of carbonyl (C=O) groups is 1. The van der Waals surface area contributed by atoms with Crippen LogP contribution in [0.1, 0.15) is 22.5 Å². The number of anilines is 3. The predicted octanol–water partition coefficient (Wildman–Crippen LogP) is 4.98.